The average molecular weight is 460 g/mol. The second-order valence-corrected chi connectivity index (χ2v) is 7.56. The van der Waals surface area contributed by atoms with E-state index in [1.54, 1.807) is 24.3 Å². The summed E-state index contributed by atoms with van der Waals surface area (Å²) in [4.78, 5) is 48.1. The second kappa shape index (κ2) is 8.17. The van der Waals surface area contributed by atoms with Gasteiger partial charge in [0.15, 0.2) is 0 Å². The SMILES string of the molecule is C=C(Cc1ccc(Nc2ccc(O)c3c2C(=O)c2c([N+](=O)[O-])ccc(O)c2C3=O)cc1)C(=O)O. The topological polar surface area (TPSA) is 167 Å². The molecule has 0 aromatic heterocycles. The van der Waals surface area contributed by atoms with Gasteiger partial charge in [-0.2, -0.15) is 0 Å². The first kappa shape index (κ1) is 22.2. The van der Waals surface area contributed by atoms with Gasteiger partial charge in [-0.05, 0) is 35.9 Å². The predicted molar refractivity (Wildman–Crippen MR) is 120 cm³/mol. The Labute approximate surface area is 191 Å². The van der Waals surface area contributed by atoms with Crippen LogP contribution < -0.4 is 5.32 Å². The Morgan fingerprint density at radius 1 is 0.882 bits per heavy atom. The van der Waals surface area contributed by atoms with Gasteiger partial charge in [0.05, 0.1) is 27.3 Å². The summed E-state index contributed by atoms with van der Waals surface area (Å²) in [6, 6.07) is 10.9. The maximum atomic E-state index is 13.3. The summed E-state index contributed by atoms with van der Waals surface area (Å²) in [5.41, 5.74) is -1.12. The van der Waals surface area contributed by atoms with Gasteiger partial charge in [0.2, 0.25) is 11.6 Å². The van der Waals surface area contributed by atoms with E-state index >= 15 is 0 Å². The van der Waals surface area contributed by atoms with Gasteiger partial charge < -0.3 is 20.6 Å². The van der Waals surface area contributed by atoms with Crippen LogP contribution in [0, 0.1) is 10.1 Å². The van der Waals surface area contributed by atoms with Gasteiger partial charge in [-0.15, -0.1) is 0 Å². The summed E-state index contributed by atoms with van der Waals surface area (Å²) in [6.45, 7) is 3.48. The van der Waals surface area contributed by atoms with Gasteiger partial charge in [0.25, 0.3) is 5.69 Å². The van der Waals surface area contributed by atoms with Crippen molar-refractivity contribution in [1.82, 2.24) is 0 Å². The van der Waals surface area contributed by atoms with Crippen LogP contribution in [0.3, 0.4) is 0 Å². The van der Waals surface area contributed by atoms with E-state index in [1.165, 1.54) is 12.1 Å². The summed E-state index contributed by atoms with van der Waals surface area (Å²) in [5.74, 6) is -4.06. The van der Waals surface area contributed by atoms with Crippen molar-refractivity contribution in [2.45, 2.75) is 6.42 Å². The smallest absolute Gasteiger partial charge is 0.331 e. The van der Waals surface area contributed by atoms with E-state index in [2.05, 4.69) is 11.9 Å². The van der Waals surface area contributed by atoms with E-state index in [1.807, 2.05) is 0 Å². The maximum absolute atomic E-state index is 13.3. The molecule has 0 unspecified atom stereocenters. The van der Waals surface area contributed by atoms with Gasteiger partial charge in [0.1, 0.15) is 17.1 Å². The van der Waals surface area contributed by atoms with Gasteiger partial charge in [-0.1, -0.05) is 18.7 Å². The normalized spacial score (nSPS) is 12.0. The van der Waals surface area contributed by atoms with Crippen molar-refractivity contribution in [3.63, 3.8) is 0 Å². The van der Waals surface area contributed by atoms with Crippen molar-refractivity contribution >= 4 is 34.6 Å². The number of aromatic hydroxyl groups is 2. The molecule has 0 heterocycles. The molecular weight excluding hydrogens is 444 g/mol. The molecule has 0 saturated carbocycles. The fraction of sp³-hybridized carbons (Fsp3) is 0.0417. The minimum atomic E-state index is -1.11. The fourth-order valence-electron chi connectivity index (χ4n) is 3.79. The molecule has 3 aromatic rings. The highest BCUT2D eigenvalue weighted by atomic mass is 16.6. The number of hydrogen-bond donors (Lipinski definition) is 4. The van der Waals surface area contributed by atoms with E-state index in [0.29, 0.717) is 11.3 Å². The number of anilines is 2. The number of carboxylic acids is 1. The number of hydrogen-bond acceptors (Lipinski definition) is 8. The summed E-state index contributed by atoms with van der Waals surface area (Å²) in [7, 11) is 0. The number of phenolic OH excluding ortho intramolecular Hbond substituents is 2. The molecule has 0 aliphatic heterocycles. The second-order valence-electron chi connectivity index (χ2n) is 7.56. The molecule has 1 aliphatic carbocycles. The average Bonchev–Trinajstić information content (AvgIpc) is 2.79. The van der Waals surface area contributed by atoms with E-state index in [0.717, 1.165) is 12.1 Å². The third-order valence-electron chi connectivity index (χ3n) is 5.40. The van der Waals surface area contributed by atoms with Gasteiger partial charge >= 0.3 is 5.97 Å². The number of nitrogens with one attached hydrogen (secondary N) is 1. The third-order valence-corrected chi connectivity index (χ3v) is 5.40. The zero-order valence-corrected chi connectivity index (χ0v) is 17.4. The van der Waals surface area contributed by atoms with Crippen LogP contribution in [0.2, 0.25) is 0 Å². The van der Waals surface area contributed by atoms with Gasteiger partial charge in [-0.25, -0.2) is 4.79 Å². The number of rotatable bonds is 6. The van der Waals surface area contributed by atoms with E-state index in [4.69, 9.17) is 5.11 Å². The lowest BCUT2D eigenvalue weighted by Gasteiger charge is -2.22. The lowest BCUT2D eigenvalue weighted by molar-refractivity contribution is -0.385. The van der Waals surface area contributed by atoms with Crippen LogP contribution in [0.1, 0.15) is 37.4 Å². The number of benzene rings is 3. The van der Waals surface area contributed by atoms with E-state index in [-0.39, 0.29) is 28.8 Å². The number of fused-ring (bicyclic) bond motifs is 2. The highest BCUT2D eigenvalue weighted by molar-refractivity contribution is 6.33. The molecule has 0 fully saturated rings. The number of aliphatic carboxylic acids is 1. The molecule has 10 heteroatoms. The molecule has 4 N–H and O–H groups in total. The summed E-state index contributed by atoms with van der Waals surface area (Å²) in [6.07, 6.45) is 0.126. The Morgan fingerprint density at radius 2 is 1.44 bits per heavy atom. The Balaban J connectivity index is 1.78. The van der Waals surface area contributed by atoms with Crippen LogP contribution in [0.5, 0.6) is 11.5 Å². The number of carbonyl (C=O) groups excluding carboxylic acids is 2. The maximum Gasteiger partial charge on any atom is 0.331 e. The van der Waals surface area contributed by atoms with Crippen molar-refractivity contribution in [3.8, 4) is 11.5 Å². The number of nitro groups is 1. The molecule has 34 heavy (non-hydrogen) atoms. The molecule has 1 aliphatic rings. The number of carbonyl (C=O) groups is 3. The summed E-state index contributed by atoms with van der Waals surface area (Å²) >= 11 is 0. The first-order valence-corrected chi connectivity index (χ1v) is 9.83. The van der Waals surface area contributed by atoms with Crippen LogP contribution in [-0.4, -0.2) is 37.8 Å². The largest absolute Gasteiger partial charge is 0.507 e. The lowest BCUT2D eigenvalue weighted by Crippen LogP contribution is -2.23. The van der Waals surface area contributed by atoms with Crippen molar-refractivity contribution in [2.75, 3.05) is 5.32 Å². The molecule has 170 valence electrons. The van der Waals surface area contributed by atoms with Crippen molar-refractivity contribution < 1.29 is 34.6 Å². The van der Waals surface area contributed by atoms with Crippen LogP contribution in [0.4, 0.5) is 17.1 Å². The fourth-order valence-corrected chi connectivity index (χ4v) is 3.79. The minimum absolute atomic E-state index is 0.0148. The van der Waals surface area contributed by atoms with Crippen molar-refractivity contribution in [2.24, 2.45) is 0 Å². The number of ketones is 2. The third kappa shape index (κ3) is 3.62. The highest BCUT2D eigenvalue weighted by Crippen LogP contribution is 2.43. The molecule has 3 aromatic carbocycles. The number of phenols is 2. The Bertz CT molecular complexity index is 1420. The van der Waals surface area contributed by atoms with E-state index < -0.39 is 50.8 Å². The standard InChI is InChI=1S/C24H16N2O8/c1-11(24(31)32)10-12-2-4-13(5-3-12)25-14-6-8-16(27)20-18(14)22(29)19-15(26(33)34)7-9-17(28)21(19)23(20)30/h2-9,25,27-28H,1,10H2,(H,31,32). The minimum Gasteiger partial charge on any atom is -0.507 e. The Kier molecular flexibility index (Phi) is 5.34. The predicted octanol–water partition coefficient (Wildman–Crippen LogP) is 3.71. The first-order chi connectivity index (χ1) is 16.1. The molecule has 4 rings (SSSR count). The van der Waals surface area contributed by atoms with Crippen LogP contribution in [0.15, 0.2) is 60.7 Å². The monoisotopic (exact) mass is 460 g/mol. The zero-order valence-electron chi connectivity index (χ0n) is 17.4. The molecule has 0 atom stereocenters. The molecule has 0 spiro atoms. The van der Waals surface area contributed by atoms with Crippen LogP contribution in [-0.2, 0) is 11.2 Å². The summed E-state index contributed by atoms with van der Waals surface area (Å²) < 4.78 is 0. The van der Waals surface area contributed by atoms with Crippen LogP contribution in [0.25, 0.3) is 0 Å². The number of nitro benzene ring substituents is 1. The first-order valence-electron chi connectivity index (χ1n) is 9.83. The Morgan fingerprint density at radius 3 is 2.03 bits per heavy atom. The molecular formula is C24H16N2O8. The van der Waals surface area contributed by atoms with Crippen LogP contribution >= 0.6 is 0 Å². The molecule has 0 saturated heterocycles. The highest BCUT2D eigenvalue weighted by Gasteiger charge is 2.40. The number of carboxylic acid groups (broad SMARTS) is 1. The molecule has 0 bridgehead atoms. The molecule has 0 radical (unpaired) electrons. The molecule has 10 nitrogen and oxygen atoms in total. The van der Waals surface area contributed by atoms with Gasteiger partial charge in [0, 0.05) is 23.7 Å². The van der Waals surface area contributed by atoms with Crippen molar-refractivity contribution in [3.05, 3.63) is 98.6 Å². The van der Waals surface area contributed by atoms with E-state index in [9.17, 15) is 34.7 Å². The quantitative estimate of drug-likeness (QED) is 0.145. The molecule has 0 amide bonds. The van der Waals surface area contributed by atoms with Crippen molar-refractivity contribution in [1.29, 1.82) is 0 Å². The van der Waals surface area contributed by atoms with Gasteiger partial charge in [-0.3, -0.25) is 19.7 Å². The Hall–Kier alpha value is -4.99. The lowest BCUT2D eigenvalue weighted by atomic mass is 9.81. The summed E-state index contributed by atoms with van der Waals surface area (Å²) in [5, 5.41) is 43.9. The zero-order chi connectivity index (χ0) is 24.7. The number of nitrogens with zero attached hydrogens (tertiary/aromatic N) is 1.